The minimum atomic E-state index is -1.09. The molecular formula is C18H15NO3. The van der Waals surface area contributed by atoms with Gasteiger partial charge in [-0.2, -0.15) is 0 Å². The normalized spacial score (nSPS) is 22.2. The molecule has 2 aromatic rings. The van der Waals surface area contributed by atoms with Gasteiger partial charge in [0, 0.05) is 31.4 Å². The average Bonchev–Trinajstić information content (AvgIpc) is 2.57. The Bertz CT molecular complexity index is 811. The lowest BCUT2D eigenvalue weighted by atomic mass is 9.86. The Morgan fingerprint density at radius 1 is 1.09 bits per heavy atom. The van der Waals surface area contributed by atoms with Crippen LogP contribution in [0.4, 0.5) is 5.69 Å². The summed E-state index contributed by atoms with van der Waals surface area (Å²) in [5.74, 6) is -0.394. The molecule has 0 saturated heterocycles. The number of para-hydroxylation sites is 2. The lowest BCUT2D eigenvalue weighted by Gasteiger charge is -2.46. The van der Waals surface area contributed by atoms with Gasteiger partial charge in [-0.1, -0.05) is 36.4 Å². The van der Waals surface area contributed by atoms with Gasteiger partial charge in [0.15, 0.2) is 5.78 Å². The average molecular weight is 293 g/mol. The predicted molar refractivity (Wildman–Crippen MR) is 83.0 cm³/mol. The summed E-state index contributed by atoms with van der Waals surface area (Å²) in [7, 11) is 3.52. The van der Waals surface area contributed by atoms with Crippen molar-refractivity contribution in [1.82, 2.24) is 0 Å². The first-order chi connectivity index (χ1) is 10.7. The van der Waals surface area contributed by atoms with Crippen LogP contribution in [0, 0.1) is 0 Å². The fourth-order valence-corrected chi connectivity index (χ4v) is 3.21. The molecule has 0 N–H and O–H groups in total. The van der Waals surface area contributed by atoms with E-state index in [0.717, 1.165) is 17.0 Å². The molecule has 0 saturated carbocycles. The number of benzene rings is 2. The molecule has 0 fully saturated rings. The Hall–Kier alpha value is -2.59. The summed E-state index contributed by atoms with van der Waals surface area (Å²) < 4.78 is 12.0. The molecule has 22 heavy (non-hydrogen) atoms. The van der Waals surface area contributed by atoms with Crippen LogP contribution in [0.15, 0.2) is 60.3 Å². The zero-order valence-electron chi connectivity index (χ0n) is 12.4. The van der Waals surface area contributed by atoms with Gasteiger partial charge in [-0.25, -0.2) is 0 Å². The van der Waals surface area contributed by atoms with Gasteiger partial charge < -0.3 is 14.4 Å². The van der Waals surface area contributed by atoms with E-state index in [-0.39, 0.29) is 5.78 Å². The Morgan fingerprint density at radius 3 is 2.64 bits per heavy atom. The van der Waals surface area contributed by atoms with Crippen LogP contribution in [0.5, 0.6) is 5.75 Å². The summed E-state index contributed by atoms with van der Waals surface area (Å²) >= 11 is 0. The van der Waals surface area contributed by atoms with Crippen LogP contribution in [0.25, 0.3) is 0 Å². The molecule has 2 aromatic carbocycles. The maximum atomic E-state index is 12.4. The van der Waals surface area contributed by atoms with Crippen molar-refractivity contribution in [3.05, 3.63) is 71.4 Å². The largest absolute Gasteiger partial charge is 0.450 e. The minimum absolute atomic E-state index is 0.0342. The summed E-state index contributed by atoms with van der Waals surface area (Å²) in [6.45, 7) is 0. The highest BCUT2D eigenvalue weighted by atomic mass is 16.7. The molecule has 4 rings (SSSR count). The zero-order chi connectivity index (χ0) is 15.3. The predicted octanol–water partition coefficient (Wildman–Crippen LogP) is 3.09. The molecule has 4 heteroatoms. The number of hydrogen-bond acceptors (Lipinski definition) is 4. The summed E-state index contributed by atoms with van der Waals surface area (Å²) in [4.78, 5) is 14.4. The molecule has 1 atom stereocenters. The number of fused-ring (bicyclic) bond motifs is 4. The Morgan fingerprint density at radius 2 is 1.82 bits per heavy atom. The van der Waals surface area contributed by atoms with Gasteiger partial charge in [-0.15, -0.1) is 0 Å². The van der Waals surface area contributed by atoms with Crippen molar-refractivity contribution in [3.8, 4) is 5.75 Å². The summed E-state index contributed by atoms with van der Waals surface area (Å²) in [6.07, 6.45) is 1.60. The quantitative estimate of drug-likeness (QED) is 0.810. The molecule has 0 spiro atoms. The molecule has 4 nitrogen and oxygen atoms in total. The number of carbonyl (C=O) groups is 1. The van der Waals surface area contributed by atoms with E-state index >= 15 is 0 Å². The molecular weight excluding hydrogens is 278 g/mol. The number of methoxy groups -OCH3 is 1. The van der Waals surface area contributed by atoms with Crippen LogP contribution >= 0.6 is 0 Å². The molecule has 0 bridgehead atoms. The highest BCUT2D eigenvalue weighted by Gasteiger charge is 2.50. The number of rotatable bonds is 1. The number of carbonyl (C=O) groups excluding carboxylic acids is 1. The maximum absolute atomic E-state index is 12.4. The molecule has 0 aromatic heterocycles. The molecule has 1 aliphatic heterocycles. The second kappa shape index (κ2) is 4.45. The van der Waals surface area contributed by atoms with Crippen molar-refractivity contribution in [2.75, 3.05) is 19.1 Å². The molecule has 0 amide bonds. The van der Waals surface area contributed by atoms with Gasteiger partial charge in [0.1, 0.15) is 5.75 Å². The van der Waals surface area contributed by atoms with Crippen LogP contribution in [0.1, 0.15) is 15.9 Å². The summed E-state index contributed by atoms with van der Waals surface area (Å²) in [5.41, 5.74) is 2.95. The van der Waals surface area contributed by atoms with Crippen molar-refractivity contribution in [3.63, 3.8) is 0 Å². The Labute approximate surface area is 128 Å². The van der Waals surface area contributed by atoms with E-state index in [1.165, 1.54) is 0 Å². The topological polar surface area (TPSA) is 38.8 Å². The zero-order valence-corrected chi connectivity index (χ0v) is 12.4. The lowest BCUT2D eigenvalue weighted by Crippen LogP contribution is -2.49. The first-order valence-corrected chi connectivity index (χ1v) is 7.10. The smallest absolute Gasteiger partial charge is 0.280 e. The van der Waals surface area contributed by atoms with Crippen LogP contribution in [-0.2, 0) is 10.5 Å². The van der Waals surface area contributed by atoms with Gasteiger partial charge in [0.05, 0.1) is 11.4 Å². The van der Waals surface area contributed by atoms with E-state index in [1.807, 2.05) is 54.4 Å². The summed E-state index contributed by atoms with van der Waals surface area (Å²) in [6, 6.07) is 15.1. The molecule has 1 aliphatic carbocycles. The number of allylic oxidation sites excluding steroid dienone is 1. The van der Waals surface area contributed by atoms with E-state index in [2.05, 4.69) is 0 Å². The third-order valence-electron chi connectivity index (χ3n) is 4.28. The molecule has 2 aliphatic rings. The number of hydrogen-bond donors (Lipinski definition) is 0. The molecule has 1 unspecified atom stereocenters. The third-order valence-corrected chi connectivity index (χ3v) is 4.28. The van der Waals surface area contributed by atoms with Crippen LogP contribution in [0.3, 0.4) is 0 Å². The van der Waals surface area contributed by atoms with Crippen molar-refractivity contribution in [1.29, 1.82) is 0 Å². The van der Waals surface area contributed by atoms with Crippen molar-refractivity contribution in [2.45, 2.75) is 5.79 Å². The first kappa shape index (κ1) is 13.1. The van der Waals surface area contributed by atoms with E-state index in [0.29, 0.717) is 11.3 Å². The number of anilines is 1. The van der Waals surface area contributed by atoms with Gasteiger partial charge >= 0.3 is 0 Å². The Kier molecular flexibility index (Phi) is 2.65. The third kappa shape index (κ3) is 1.53. The van der Waals surface area contributed by atoms with Crippen LogP contribution < -0.4 is 9.64 Å². The Balaban J connectivity index is 2.02. The maximum Gasteiger partial charge on any atom is 0.280 e. The SMILES string of the molecule is COC12Oc3ccccc3N(C)C1=CC(=O)c1ccccc12. The lowest BCUT2D eigenvalue weighted by molar-refractivity contribution is -0.147. The van der Waals surface area contributed by atoms with Crippen LogP contribution in [-0.4, -0.2) is 19.9 Å². The number of ether oxygens (including phenoxy) is 2. The highest BCUT2D eigenvalue weighted by Crippen LogP contribution is 2.49. The number of ketones is 1. The van der Waals surface area contributed by atoms with E-state index in [4.69, 9.17) is 9.47 Å². The van der Waals surface area contributed by atoms with E-state index in [1.54, 1.807) is 19.3 Å². The van der Waals surface area contributed by atoms with Gasteiger partial charge in [0.2, 0.25) is 0 Å². The molecule has 0 radical (unpaired) electrons. The number of likely N-dealkylation sites (N-methyl/N-ethyl adjacent to an activating group) is 1. The van der Waals surface area contributed by atoms with Crippen molar-refractivity contribution in [2.24, 2.45) is 0 Å². The molecule has 110 valence electrons. The van der Waals surface area contributed by atoms with Gasteiger partial charge in [-0.05, 0) is 12.1 Å². The monoisotopic (exact) mass is 293 g/mol. The molecule has 1 heterocycles. The minimum Gasteiger partial charge on any atom is -0.450 e. The van der Waals surface area contributed by atoms with Crippen molar-refractivity contribution < 1.29 is 14.3 Å². The van der Waals surface area contributed by atoms with E-state index < -0.39 is 5.79 Å². The highest BCUT2D eigenvalue weighted by molar-refractivity contribution is 6.08. The van der Waals surface area contributed by atoms with Crippen molar-refractivity contribution >= 4 is 11.5 Å². The summed E-state index contributed by atoms with van der Waals surface area (Å²) in [5, 5.41) is 0. The number of nitrogens with zero attached hydrogens (tertiary/aromatic N) is 1. The fourth-order valence-electron chi connectivity index (χ4n) is 3.21. The van der Waals surface area contributed by atoms with Crippen LogP contribution in [0.2, 0.25) is 0 Å². The standard InChI is InChI=1S/C18H15NO3/c1-19-14-9-5-6-10-16(14)22-18(21-2)13-8-4-3-7-12(13)15(20)11-17(18)19/h3-11H,1-2H3. The van der Waals surface area contributed by atoms with Gasteiger partial charge in [0.25, 0.3) is 5.79 Å². The van der Waals surface area contributed by atoms with Gasteiger partial charge in [-0.3, -0.25) is 4.79 Å². The second-order valence-electron chi connectivity index (χ2n) is 5.39. The first-order valence-electron chi connectivity index (χ1n) is 7.10. The van der Waals surface area contributed by atoms with E-state index in [9.17, 15) is 4.79 Å². The second-order valence-corrected chi connectivity index (χ2v) is 5.39. The fraction of sp³-hybridized carbons (Fsp3) is 0.167.